The highest BCUT2D eigenvalue weighted by Crippen LogP contribution is 2.21. The van der Waals surface area contributed by atoms with Gasteiger partial charge in [0.25, 0.3) is 0 Å². The maximum atomic E-state index is 13.5. The first kappa shape index (κ1) is 16.2. The fourth-order valence-electron chi connectivity index (χ4n) is 2.63. The molecule has 1 aliphatic rings. The van der Waals surface area contributed by atoms with E-state index in [1.165, 1.54) is 6.20 Å². The van der Waals surface area contributed by atoms with Gasteiger partial charge in [0.15, 0.2) is 0 Å². The van der Waals surface area contributed by atoms with Gasteiger partial charge >= 0.3 is 0 Å². The van der Waals surface area contributed by atoms with Crippen molar-refractivity contribution in [1.82, 2.24) is 15.2 Å². The van der Waals surface area contributed by atoms with Gasteiger partial charge in [-0.3, -0.25) is 0 Å². The Kier molecular flexibility index (Phi) is 5.53. The fraction of sp³-hybridized carbons (Fsp3) is 0.688. The summed E-state index contributed by atoms with van der Waals surface area (Å²) in [6.07, 6.45) is 1.32. The molecule has 0 radical (unpaired) electrons. The molecule has 1 aromatic heterocycles. The Hall–Kier alpha value is -1.20. The molecule has 0 bridgehead atoms. The van der Waals surface area contributed by atoms with Crippen molar-refractivity contribution in [1.29, 1.82) is 0 Å². The number of pyridine rings is 1. The molecule has 0 aliphatic carbocycles. The molecular weight excluding hydrogens is 267 g/mol. The molecule has 1 saturated heterocycles. The highest BCUT2D eigenvalue weighted by molar-refractivity contribution is 5.47. The molecule has 0 spiro atoms. The van der Waals surface area contributed by atoms with Crippen LogP contribution in [0, 0.1) is 11.7 Å². The number of anilines is 1. The lowest BCUT2D eigenvalue weighted by molar-refractivity contribution is 0.233. The van der Waals surface area contributed by atoms with Crippen molar-refractivity contribution >= 4 is 5.82 Å². The summed E-state index contributed by atoms with van der Waals surface area (Å²) in [6.45, 7) is 11.0. The molecule has 1 unspecified atom stereocenters. The lowest BCUT2D eigenvalue weighted by Crippen LogP contribution is -2.50. The molecule has 1 atom stereocenters. The van der Waals surface area contributed by atoms with Crippen LogP contribution in [-0.2, 0) is 6.54 Å². The Balaban J connectivity index is 2.11. The Morgan fingerprint density at radius 3 is 2.86 bits per heavy atom. The molecule has 1 aliphatic heterocycles. The van der Waals surface area contributed by atoms with Gasteiger partial charge in [-0.1, -0.05) is 13.8 Å². The van der Waals surface area contributed by atoms with E-state index in [9.17, 15) is 4.39 Å². The van der Waals surface area contributed by atoms with Crippen LogP contribution in [0.5, 0.6) is 0 Å². The van der Waals surface area contributed by atoms with Crippen LogP contribution in [0.2, 0.25) is 0 Å². The lowest BCUT2D eigenvalue weighted by Gasteiger charge is -2.39. The monoisotopic (exact) mass is 294 g/mol. The number of nitrogens with one attached hydrogen (secondary N) is 1. The summed E-state index contributed by atoms with van der Waals surface area (Å²) < 4.78 is 13.5. The second-order valence-electron chi connectivity index (χ2n) is 6.44. The van der Waals surface area contributed by atoms with Crippen LogP contribution < -0.4 is 10.2 Å². The minimum Gasteiger partial charge on any atom is -0.354 e. The summed E-state index contributed by atoms with van der Waals surface area (Å²) >= 11 is 0. The van der Waals surface area contributed by atoms with Crippen molar-refractivity contribution in [2.75, 3.05) is 38.1 Å². The van der Waals surface area contributed by atoms with Gasteiger partial charge < -0.3 is 15.1 Å². The van der Waals surface area contributed by atoms with Crippen LogP contribution in [0.4, 0.5) is 10.2 Å². The number of hydrogen-bond donors (Lipinski definition) is 1. The second kappa shape index (κ2) is 7.18. The van der Waals surface area contributed by atoms with Crippen molar-refractivity contribution in [3.8, 4) is 0 Å². The van der Waals surface area contributed by atoms with Gasteiger partial charge in [0, 0.05) is 37.8 Å². The minimum atomic E-state index is -0.262. The van der Waals surface area contributed by atoms with E-state index in [-0.39, 0.29) is 5.82 Å². The zero-order valence-corrected chi connectivity index (χ0v) is 13.6. The van der Waals surface area contributed by atoms with Crippen LogP contribution in [0.15, 0.2) is 12.3 Å². The topological polar surface area (TPSA) is 31.4 Å². The number of aromatic nitrogens is 1. The largest absolute Gasteiger partial charge is 0.354 e. The molecule has 21 heavy (non-hydrogen) atoms. The lowest BCUT2D eigenvalue weighted by atomic mass is 10.1. The van der Waals surface area contributed by atoms with Crippen LogP contribution in [-0.4, -0.2) is 49.2 Å². The minimum absolute atomic E-state index is 0.262. The van der Waals surface area contributed by atoms with Gasteiger partial charge in [0.2, 0.25) is 0 Å². The first-order chi connectivity index (χ1) is 9.97. The van der Waals surface area contributed by atoms with Crippen molar-refractivity contribution < 1.29 is 4.39 Å². The first-order valence-electron chi connectivity index (χ1n) is 7.77. The molecule has 4 nitrogen and oxygen atoms in total. The van der Waals surface area contributed by atoms with E-state index in [1.807, 2.05) is 0 Å². The third-order valence-electron chi connectivity index (χ3n) is 4.04. The number of halogens is 1. The van der Waals surface area contributed by atoms with Crippen LogP contribution in [0.3, 0.4) is 0 Å². The summed E-state index contributed by atoms with van der Waals surface area (Å²) in [5, 5.41) is 3.38. The van der Waals surface area contributed by atoms with E-state index in [4.69, 9.17) is 0 Å². The fourth-order valence-corrected chi connectivity index (χ4v) is 2.63. The van der Waals surface area contributed by atoms with Crippen molar-refractivity contribution in [2.24, 2.45) is 5.92 Å². The van der Waals surface area contributed by atoms with Crippen LogP contribution in [0.25, 0.3) is 0 Å². The summed E-state index contributed by atoms with van der Waals surface area (Å²) in [6, 6.07) is 2.10. The Morgan fingerprint density at radius 1 is 1.43 bits per heavy atom. The molecule has 2 heterocycles. The predicted octanol–water partition coefficient (Wildman–Crippen LogP) is 2.11. The van der Waals surface area contributed by atoms with Gasteiger partial charge in [-0.25, -0.2) is 9.37 Å². The summed E-state index contributed by atoms with van der Waals surface area (Å²) in [5.74, 6) is 1.24. The van der Waals surface area contributed by atoms with E-state index in [0.29, 0.717) is 18.5 Å². The molecular formula is C16H27FN4. The summed E-state index contributed by atoms with van der Waals surface area (Å²) in [7, 11) is 2.14. The Labute approximate surface area is 127 Å². The molecule has 118 valence electrons. The quantitative estimate of drug-likeness (QED) is 0.901. The highest BCUT2D eigenvalue weighted by atomic mass is 19.1. The van der Waals surface area contributed by atoms with Crippen molar-refractivity contribution in [2.45, 2.75) is 33.4 Å². The van der Waals surface area contributed by atoms with Gasteiger partial charge in [-0.05, 0) is 32.5 Å². The maximum Gasteiger partial charge on any atom is 0.141 e. The third kappa shape index (κ3) is 4.38. The van der Waals surface area contributed by atoms with Crippen molar-refractivity contribution in [3.63, 3.8) is 0 Å². The standard InChI is InChI=1S/C16H27FN4/c1-12(2)8-18-9-14-7-15(17)10-19-16(14)21-6-5-20(4)13(3)11-21/h7,10,12-13,18H,5-6,8-9,11H2,1-4H3. The second-order valence-corrected chi connectivity index (χ2v) is 6.44. The molecule has 0 amide bonds. The maximum absolute atomic E-state index is 13.5. The van der Waals surface area contributed by atoms with Crippen molar-refractivity contribution in [3.05, 3.63) is 23.6 Å². The number of hydrogen-bond acceptors (Lipinski definition) is 4. The molecule has 5 heteroatoms. The average Bonchev–Trinajstić information content (AvgIpc) is 2.42. The van der Waals surface area contributed by atoms with E-state index >= 15 is 0 Å². The van der Waals surface area contributed by atoms with Gasteiger partial charge in [-0.15, -0.1) is 0 Å². The Morgan fingerprint density at radius 2 is 2.19 bits per heavy atom. The summed E-state index contributed by atoms with van der Waals surface area (Å²) in [5.41, 5.74) is 0.951. The van der Waals surface area contributed by atoms with Gasteiger partial charge in [0.05, 0.1) is 6.20 Å². The Bertz CT molecular complexity index is 464. The van der Waals surface area contributed by atoms with Crippen LogP contribution >= 0.6 is 0 Å². The zero-order valence-electron chi connectivity index (χ0n) is 13.6. The van der Waals surface area contributed by atoms with Gasteiger partial charge in [-0.2, -0.15) is 0 Å². The molecule has 0 aromatic carbocycles. The summed E-state index contributed by atoms with van der Waals surface area (Å²) in [4.78, 5) is 8.97. The molecule has 1 N–H and O–H groups in total. The smallest absolute Gasteiger partial charge is 0.141 e. The normalized spacial score (nSPS) is 20.3. The van der Waals surface area contributed by atoms with E-state index in [0.717, 1.165) is 37.6 Å². The molecule has 0 saturated carbocycles. The van der Waals surface area contributed by atoms with E-state index in [1.54, 1.807) is 6.07 Å². The predicted molar refractivity (Wildman–Crippen MR) is 85.0 cm³/mol. The first-order valence-corrected chi connectivity index (χ1v) is 7.77. The molecule has 1 aromatic rings. The number of rotatable bonds is 5. The molecule has 1 fully saturated rings. The van der Waals surface area contributed by atoms with Crippen LogP contribution in [0.1, 0.15) is 26.3 Å². The van der Waals surface area contributed by atoms with Gasteiger partial charge in [0.1, 0.15) is 11.6 Å². The zero-order chi connectivity index (χ0) is 15.4. The van der Waals surface area contributed by atoms with E-state index in [2.05, 4.69) is 47.9 Å². The van der Waals surface area contributed by atoms with E-state index < -0.39 is 0 Å². The number of piperazine rings is 1. The third-order valence-corrected chi connectivity index (χ3v) is 4.04. The number of nitrogens with zero attached hydrogens (tertiary/aromatic N) is 3. The average molecular weight is 294 g/mol. The number of likely N-dealkylation sites (N-methyl/N-ethyl adjacent to an activating group) is 1. The highest BCUT2D eigenvalue weighted by Gasteiger charge is 2.23. The SMILES string of the molecule is CC(C)CNCc1cc(F)cnc1N1CCN(C)C(C)C1. The molecule has 2 rings (SSSR count).